The number of thiophene rings is 1. The van der Waals surface area contributed by atoms with E-state index in [1.165, 1.54) is 16.9 Å². The molecule has 1 heterocycles. The summed E-state index contributed by atoms with van der Waals surface area (Å²) >= 11 is 1.33. The van der Waals surface area contributed by atoms with Crippen LogP contribution in [-0.2, 0) is 6.42 Å². The van der Waals surface area contributed by atoms with Gasteiger partial charge >= 0.3 is 0 Å². The Morgan fingerprint density at radius 1 is 0.963 bits per heavy atom. The lowest BCUT2D eigenvalue weighted by atomic mass is 10.1. The van der Waals surface area contributed by atoms with Crippen molar-refractivity contribution < 1.29 is 15.1 Å². The quantitative estimate of drug-likeness (QED) is 0.411. The first kappa shape index (κ1) is 19.1. The highest BCUT2D eigenvalue weighted by molar-refractivity contribution is 7.17. The molecule has 5 nitrogen and oxygen atoms in total. The van der Waals surface area contributed by atoms with Gasteiger partial charge in [0.1, 0.15) is 0 Å². The second-order valence-corrected chi connectivity index (χ2v) is 7.18. The first-order valence-corrected chi connectivity index (χ1v) is 9.57. The number of nitrogens with zero attached hydrogens (tertiary/aromatic N) is 1. The molecule has 0 radical (unpaired) electrons. The van der Waals surface area contributed by atoms with Crippen LogP contribution in [-0.4, -0.2) is 35.9 Å². The number of hydrogen-bond donors (Lipinski definition) is 3. The molecule has 0 fully saturated rings. The fraction of sp³-hybridized carbons (Fsp3) is 0.190. The Morgan fingerprint density at radius 2 is 1.70 bits per heavy atom. The van der Waals surface area contributed by atoms with Crippen LogP contribution in [0.3, 0.4) is 0 Å². The molecule has 3 N–H and O–H groups in total. The van der Waals surface area contributed by atoms with Gasteiger partial charge in [0.2, 0.25) is 0 Å². The van der Waals surface area contributed by atoms with Crippen LogP contribution in [0.25, 0.3) is 10.4 Å². The van der Waals surface area contributed by atoms with Crippen molar-refractivity contribution in [2.24, 2.45) is 0 Å². The lowest BCUT2D eigenvalue weighted by Crippen LogP contribution is -2.28. The van der Waals surface area contributed by atoms with Crippen LogP contribution in [0.1, 0.15) is 15.2 Å². The topological polar surface area (TPSA) is 72.8 Å². The second-order valence-electron chi connectivity index (χ2n) is 6.10. The number of hydrogen-bond acceptors (Lipinski definition) is 5. The number of rotatable bonds is 8. The standard InChI is InChI=1S/C21H22N2O3S/c24-15-14-23(13-12-16-4-2-1-3-5-16)18-8-6-17(7-9-18)19-10-11-20(27-19)21(25)22-26/h1-11,24,26H,12-15H2,(H,22,25). The fourth-order valence-electron chi connectivity index (χ4n) is 2.91. The zero-order valence-electron chi connectivity index (χ0n) is 14.8. The first-order chi connectivity index (χ1) is 13.2. The molecule has 1 amide bonds. The molecule has 0 unspecified atom stereocenters. The van der Waals surface area contributed by atoms with E-state index in [9.17, 15) is 9.90 Å². The van der Waals surface area contributed by atoms with E-state index in [-0.39, 0.29) is 6.61 Å². The number of aliphatic hydroxyl groups is 1. The van der Waals surface area contributed by atoms with Gasteiger partial charge in [-0.1, -0.05) is 42.5 Å². The van der Waals surface area contributed by atoms with E-state index in [2.05, 4.69) is 17.0 Å². The van der Waals surface area contributed by atoms with Gasteiger partial charge in [-0.3, -0.25) is 10.0 Å². The highest BCUT2D eigenvalue weighted by atomic mass is 32.1. The molecule has 0 atom stereocenters. The van der Waals surface area contributed by atoms with Gasteiger partial charge in [-0.15, -0.1) is 11.3 Å². The predicted octanol–water partition coefficient (Wildman–Crippen LogP) is 3.58. The summed E-state index contributed by atoms with van der Waals surface area (Å²) in [6.07, 6.45) is 0.910. The molecule has 0 spiro atoms. The van der Waals surface area contributed by atoms with E-state index in [1.54, 1.807) is 11.5 Å². The Hall–Kier alpha value is -2.67. The van der Waals surface area contributed by atoms with Crippen LogP contribution in [0.5, 0.6) is 0 Å². The van der Waals surface area contributed by atoms with Crippen molar-refractivity contribution in [3.05, 3.63) is 77.2 Å². The molecular formula is C21H22N2O3S. The zero-order chi connectivity index (χ0) is 19.1. The average molecular weight is 382 g/mol. The number of carbonyl (C=O) groups excluding carboxylic acids is 1. The third-order valence-electron chi connectivity index (χ3n) is 4.33. The van der Waals surface area contributed by atoms with Gasteiger partial charge in [-0.2, -0.15) is 0 Å². The number of anilines is 1. The lowest BCUT2D eigenvalue weighted by Gasteiger charge is -2.24. The summed E-state index contributed by atoms with van der Waals surface area (Å²) in [5.41, 5.74) is 4.98. The summed E-state index contributed by atoms with van der Waals surface area (Å²) < 4.78 is 0. The average Bonchev–Trinajstić information content (AvgIpc) is 3.22. The minimum Gasteiger partial charge on any atom is -0.395 e. The maximum Gasteiger partial charge on any atom is 0.284 e. The molecule has 3 aromatic rings. The summed E-state index contributed by atoms with van der Waals surface area (Å²) in [6, 6.07) is 21.9. The van der Waals surface area contributed by atoms with Crippen molar-refractivity contribution in [1.29, 1.82) is 0 Å². The number of amides is 1. The highest BCUT2D eigenvalue weighted by Gasteiger charge is 2.11. The van der Waals surface area contributed by atoms with Crippen molar-refractivity contribution >= 4 is 22.9 Å². The summed E-state index contributed by atoms with van der Waals surface area (Å²) in [5, 5.41) is 18.1. The zero-order valence-corrected chi connectivity index (χ0v) is 15.7. The smallest absolute Gasteiger partial charge is 0.284 e. The normalized spacial score (nSPS) is 10.6. The van der Waals surface area contributed by atoms with Crippen molar-refractivity contribution in [3.63, 3.8) is 0 Å². The number of benzene rings is 2. The Morgan fingerprint density at radius 3 is 2.37 bits per heavy atom. The van der Waals surface area contributed by atoms with E-state index in [0.717, 1.165) is 29.1 Å². The maximum atomic E-state index is 11.5. The Bertz CT molecular complexity index is 863. The SMILES string of the molecule is O=C(NO)c1ccc(-c2ccc(N(CCO)CCc3ccccc3)cc2)s1. The first-order valence-electron chi connectivity index (χ1n) is 8.75. The van der Waals surface area contributed by atoms with E-state index in [0.29, 0.717) is 11.4 Å². The van der Waals surface area contributed by atoms with Crippen molar-refractivity contribution in [2.75, 3.05) is 24.6 Å². The molecule has 0 aliphatic carbocycles. The van der Waals surface area contributed by atoms with Crippen molar-refractivity contribution in [1.82, 2.24) is 5.48 Å². The Kier molecular flexibility index (Phi) is 6.59. The molecule has 0 bridgehead atoms. The molecule has 140 valence electrons. The lowest BCUT2D eigenvalue weighted by molar-refractivity contribution is 0.0711. The monoisotopic (exact) mass is 382 g/mol. The van der Waals surface area contributed by atoms with Gasteiger partial charge < -0.3 is 10.0 Å². The Balaban J connectivity index is 1.71. The van der Waals surface area contributed by atoms with Gasteiger partial charge in [-0.05, 0) is 41.8 Å². The number of carbonyl (C=O) groups is 1. The van der Waals surface area contributed by atoms with Gasteiger partial charge in [0, 0.05) is 23.7 Å². The summed E-state index contributed by atoms with van der Waals surface area (Å²) in [5.74, 6) is -0.502. The van der Waals surface area contributed by atoms with E-state index < -0.39 is 5.91 Å². The van der Waals surface area contributed by atoms with Gasteiger partial charge in [0.05, 0.1) is 11.5 Å². The van der Waals surface area contributed by atoms with Gasteiger partial charge in [0.25, 0.3) is 5.91 Å². The largest absolute Gasteiger partial charge is 0.395 e. The van der Waals surface area contributed by atoms with Crippen LogP contribution in [0.2, 0.25) is 0 Å². The maximum absolute atomic E-state index is 11.5. The molecule has 27 heavy (non-hydrogen) atoms. The molecule has 1 aromatic heterocycles. The molecule has 3 rings (SSSR count). The van der Waals surface area contributed by atoms with E-state index in [1.807, 2.05) is 48.5 Å². The predicted molar refractivity (Wildman–Crippen MR) is 108 cm³/mol. The molecule has 0 saturated heterocycles. The molecule has 0 aliphatic heterocycles. The van der Waals surface area contributed by atoms with E-state index in [4.69, 9.17) is 5.21 Å². The minimum atomic E-state index is -0.502. The van der Waals surface area contributed by atoms with Crippen molar-refractivity contribution in [2.45, 2.75) is 6.42 Å². The van der Waals surface area contributed by atoms with Crippen LogP contribution in [0.4, 0.5) is 5.69 Å². The van der Waals surface area contributed by atoms with Crippen LogP contribution in [0, 0.1) is 0 Å². The minimum absolute atomic E-state index is 0.0983. The fourth-order valence-corrected chi connectivity index (χ4v) is 3.81. The highest BCUT2D eigenvalue weighted by Crippen LogP contribution is 2.29. The van der Waals surface area contributed by atoms with Crippen LogP contribution >= 0.6 is 11.3 Å². The third-order valence-corrected chi connectivity index (χ3v) is 5.46. The van der Waals surface area contributed by atoms with Crippen LogP contribution in [0.15, 0.2) is 66.7 Å². The molecular weight excluding hydrogens is 360 g/mol. The van der Waals surface area contributed by atoms with Crippen molar-refractivity contribution in [3.8, 4) is 10.4 Å². The second kappa shape index (κ2) is 9.32. The number of nitrogens with one attached hydrogen (secondary N) is 1. The summed E-state index contributed by atoms with van der Waals surface area (Å²) in [7, 11) is 0. The molecule has 0 saturated carbocycles. The molecule has 2 aromatic carbocycles. The van der Waals surface area contributed by atoms with Gasteiger partial charge in [0.15, 0.2) is 0 Å². The molecule has 6 heteroatoms. The molecule has 0 aliphatic rings. The van der Waals surface area contributed by atoms with E-state index >= 15 is 0 Å². The van der Waals surface area contributed by atoms with Crippen LogP contribution < -0.4 is 10.4 Å². The van der Waals surface area contributed by atoms with Gasteiger partial charge in [-0.25, -0.2) is 5.48 Å². The Labute approximate surface area is 162 Å². The summed E-state index contributed by atoms with van der Waals surface area (Å²) in [6.45, 7) is 1.50. The third kappa shape index (κ3) is 4.95. The number of aliphatic hydroxyl groups excluding tert-OH is 1. The number of hydroxylamine groups is 1. The summed E-state index contributed by atoms with van der Waals surface area (Å²) in [4.78, 5) is 15.1.